The second-order valence-electron chi connectivity index (χ2n) is 4.76. The second-order valence-corrected chi connectivity index (χ2v) is 5.55. The zero-order valence-corrected chi connectivity index (χ0v) is 13.8. The molecule has 0 amide bonds. The number of rotatable bonds is 5. The Balaban J connectivity index is 2.28. The summed E-state index contributed by atoms with van der Waals surface area (Å²) in [4.78, 5) is 11.2. The first-order valence-corrected chi connectivity index (χ1v) is 7.41. The number of hydrogen-bond acceptors (Lipinski definition) is 3. The number of hydrogen-bond donors (Lipinski definition) is 1. The lowest BCUT2D eigenvalue weighted by Crippen LogP contribution is -2.09. The van der Waals surface area contributed by atoms with Gasteiger partial charge in [-0.3, -0.25) is 4.68 Å². The number of aromatic nitrogens is 2. The molecule has 0 radical (unpaired) electrons. The molecule has 0 aliphatic rings. The van der Waals surface area contributed by atoms with Crippen LogP contribution in [0, 0.1) is 13.8 Å². The van der Waals surface area contributed by atoms with Crippen LogP contribution < -0.4 is 4.74 Å². The highest BCUT2D eigenvalue weighted by molar-refractivity contribution is 9.10. The van der Waals surface area contributed by atoms with E-state index in [2.05, 4.69) is 21.0 Å². The molecule has 6 heteroatoms. The summed E-state index contributed by atoms with van der Waals surface area (Å²) in [5.41, 5.74) is 2.90. The fourth-order valence-electron chi connectivity index (χ4n) is 2.08. The van der Waals surface area contributed by atoms with Gasteiger partial charge < -0.3 is 9.84 Å². The van der Waals surface area contributed by atoms with Crippen molar-refractivity contribution in [1.29, 1.82) is 0 Å². The predicted octanol–water partition coefficient (Wildman–Crippen LogP) is 3.56. The molecule has 1 aromatic carbocycles. The van der Waals surface area contributed by atoms with Gasteiger partial charge in [-0.2, -0.15) is 5.10 Å². The third kappa shape index (κ3) is 3.26. The van der Waals surface area contributed by atoms with Crippen molar-refractivity contribution in [3.8, 4) is 5.75 Å². The lowest BCUT2D eigenvalue weighted by molar-refractivity contribution is 0.0691. The highest BCUT2D eigenvalue weighted by atomic mass is 79.9. The zero-order valence-electron chi connectivity index (χ0n) is 12.2. The zero-order chi connectivity index (χ0) is 15.6. The van der Waals surface area contributed by atoms with Crippen molar-refractivity contribution in [2.24, 2.45) is 0 Å². The number of ether oxygens (including phenoxy) is 1. The van der Waals surface area contributed by atoms with Crippen LogP contribution in [0.2, 0.25) is 0 Å². The monoisotopic (exact) mass is 352 g/mol. The fourth-order valence-corrected chi connectivity index (χ4v) is 2.48. The molecule has 0 unspecified atom stereocenters. The Morgan fingerprint density at radius 1 is 1.43 bits per heavy atom. The van der Waals surface area contributed by atoms with Crippen LogP contribution in [-0.4, -0.2) is 20.9 Å². The Bertz CT molecular complexity index is 680. The predicted molar refractivity (Wildman–Crippen MR) is 82.8 cm³/mol. The van der Waals surface area contributed by atoms with Gasteiger partial charge in [-0.05, 0) is 54.4 Å². The molecule has 1 heterocycles. The summed E-state index contributed by atoms with van der Waals surface area (Å²) in [6.07, 6.45) is 0. The molecule has 0 saturated carbocycles. The number of aromatic carboxylic acids is 1. The summed E-state index contributed by atoms with van der Waals surface area (Å²) in [6.45, 7) is 6.80. The third-order valence-electron chi connectivity index (χ3n) is 3.18. The molecule has 5 nitrogen and oxygen atoms in total. The molecular weight excluding hydrogens is 336 g/mol. The van der Waals surface area contributed by atoms with Gasteiger partial charge in [0.2, 0.25) is 0 Å². The van der Waals surface area contributed by atoms with Crippen molar-refractivity contribution in [1.82, 2.24) is 9.78 Å². The first-order valence-electron chi connectivity index (χ1n) is 6.62. The highest BCUT2D eigenvalue weighted by Crippen LogP contribution is 2.25. The van der Waals surface area contributed by atoms with Crippen molar-refractivity contribution in [2.75, 3.05) is 0 Å². The first kappa shape index (κ1) is 15.6. The average molecular weight is 353 g/mol. The quantitative estimate of drug-likeness (QED) is 0.893. The number of halogens is 1. The van der Waals surface area contributed by atoms with Crippen molar-refractivity contribution < 1.29 is 14.6 Å². The number of aryl methyl sites for hydroxylation is 3. The van der Waals surface area contributed by atoms with Gasteiger partial charge in [-0.25, -0.2) is 4.79 Å². The number of carboxylic acids is 1. The molecule has 0 atom stereocenters. The molecule has 2 aromatic rings. The van der Waals surface area contributed by atoms with E-state index in [-0.39, 0.29) is 12.2 Å². The first-order chi connectivity index (χ1) is 9.93. The van der Waals surface area contributed by atoms with Gasteiger partial charge in [0.1, 0.15) is 17.9 Å². The van der Waals surface area contributed by atoms with Crippen LogP contribution in [0.15, 0.2) is 22.7 Å². The Morgan fingerprint density at radius 2 is 2.14 bits per heavy atom. The maximum Gasteiger partial charge on any atom is 0.339 e. The summed E-state index contributed by atoms with van der Waals surface area (Å²) in [7, 11) is 0. The Kier molecular flexibility index (Phi) is 4.67. The summed E-state index contributed by atoms with van der Waals surface area (Å²) < 4.78 is 8.47. The van der Waals surface area contributed by atoms with E-state index in [0.717, 1.165) is 28.0 Å². The summed E-state index contributed by atoms with van der Waals surface area (Å²) in [6, 6.07) is 5.05. The van der Waals surface area contributed by atoms with E-state index in [9.17, 15) is 9.90 Å². The van der Waals surface area contributed by atoms with E-state index in [1.165, 1.54) is 0 Å². The van der Waals surface area contributed by atoms with Crippen LogP contribution in [-0.2, 0) is 13.2 Å². The minimum atomic E-state index is -0.996. The minimum absolute atomic E-state index is 0.163. The van der Waals surface area contributed by atoms with Gasteiger partial charge in [-0.15, -0.1) is 0 Å². The number of benzene rings is 1. The summed E-state index contributed by atoms with van der Waals surface area (Å²) in [5.74, 6) is -0.625. The molecular formula is C15H17BrN2O3. The molecule has 0 fully saturated rings. The normalized spacial score (nSPS) is 10.7. The lowest BCUT2D eigenvalue weighted by Gasteiger charge is -2.11. The molecule has 0 saturated heterocycles. The van der Waals surface area contributed by atoms with E-state index < -0.39 is 5.97 Å². The summed E-state index contributed by atoms with van der Waals surface area (Å²) in [5, 5.41) is 13.6. The van der Waals surface area contributed by atoms with Crippen molar-refractivity contribution in [2.45, 2.75) is 33.9 Å². The number of carboxylic acid groups (broad SMARTS) is 1. The molecule has 2 rings (SSSR count). The van der Waals surface area contributed by atoms with Crippen LogP contribution in [0.5, 0.6) is 5.75 Å². The molecule has 0 aliphatic carbocycles. The van der Waals surface area contributed by atoms with Crippen LogP contribution in [0.4, 0.5) is 0 Å². The number of nitrogens with zero attached hydrogens (tertiary/aromatic N) is 2. The molecule has 1 N–H and O–H groups in total. The van der Waals surface area contributed by atoms with Gasteiger partial charge in [0.25, 0.3) is 0 Å². The largest absolute Gasteiger partial charge is 0.486 e. The Hall–Kier alpha value is -1.82. The second kappa shape index (κ2) is 6.30. The SMILES string of the molecule is CCn1nc(C)c(Br)c1COc1cc(C)ccc1C(=O)O. The molecule has 21 heavy (non-hydrogen) atoms. The van der Waals surface area contributed by atoms with Crippen LogP contribution in [0.1, 0.15) is 34.2 Å². The Morgan fingerprint density at radius 3 is 2.76 bits per heavy atom. The average Bonchev–Trinajstić information content (AvgIpc) is 2.71. The number of carbonyl (C=O) groups is 1. The molecule has 1 aromatic heterocycles. The molecule has 0 aliphatic heterocycles. The maximum absolute atomic E-state index is 11.2. The minimum Gasteiger partial charge on any atom is -0.486 e. The van der Waals surface area contributed by atoms with E-state index in [4.69, 9.17) is 4.74 Å². The molecule has 0 bridgehead atoms. The smallest absolute Gasteiger partial charge is 0.339 e. The van der Waals surface area contributed by atoms with Gasteiger partial charge >= 0.3 is 5.97 Å². The van der Waals surface area contributed by atoms with Crippen LogP contribution >= 0.6 is 15.9 Å². The molecule has 112 valence electrons. The van der Waals surface area contributed by atoms with E-state index >= 15 is 0 Å². The standard InChI is InChI=1S/C15H17BrN2O3/c1-4-18-12(14(16)10(3)17-18)8-21-13-7-9(2)5-6-11(13)15(19)20/h5-7H,4,8H2,1-3H3,(H,19,20). The van der Waals surface area contributed by atoms with E-state index in [1.54, 1.807) is 18.2 Å². The van der Waals surface area contributed by atoms with Gasteiger partial charge in [0.05, 0.1) is 15.9 Å². The fraction of sp³-hybridized carbons (Fsp3) is 0.333. The van der Waals surface area contributed by atoms with E-state index in [1.807, 2.05) is 25.5 Å². The topological polar surface area (TPSA) is 64.4 Å². The lowest BCUT2D eigenvalue weighted by atomic mass is 10.1. The van der Waals surface area contributed by atoms with Gasteiger partial charge in [0, 0.05) is 6.54 Å². The van der Waals surface area contributed by atoms with E-state index in [0.29, 0.717) is 5.75 Å². The van der Waals surface area contributed by atoms with Crippen LogP contribution in [0.3, 0.4) is 0 Å². The van der Waals surface area contributed by atoms with Crippen LogP contribution in [0.25, 0.3) is 0 Å². The van der Waals surface area contributed by atoms with Gasteiger partial charge in [0.15, 0.2) is 0 Å². The Labute approximate surface area is 131 Å². The molecule has 0 spiro atoms. The third-order valence-corrected chi connectivity index (χ3v) is 4.22. The van der Waals surface area contributed by atoms with Gasteiger partial charge in [-0.1, -0.05) is 6.07 Å². The summed E-state index contributed by atoms with van der Waals surface area (Å²) >= 11 is 3.50. The van der Waals surface area contributed by atoms with Crippen molar-refractivity contribution >= 4 is 21.9 Å². The van der Waals surface area contributed by atoms with Crippen molar-refractivity contribution in [3.05, 3.63) is 45.2 Å². The highest BCUT2D eigenvalue weighted by Gasteiger charge is 2.15. The maximum atomic E-state index is 11.2. The van der Waals surface area contributed by atoms with Crippen molar-refractivity contribution in [3.63, 3.8) is 0 Å².